The molecule has 0 aliphatic carbocycles. The summed E-state index contributed by atoms with van der Waals surface area (Å²) >= 11 is 0. The highest BCUT2D eigenvalue weighted by atomic mass is 16.5. The van der Waals surface area contributed by atoms with Gasteiger partial charge in [-0.2, -0.15) is 0 Å². The number of methoxy groups -OCH3 is 2. The summed E-state index contributed by atoms with van der Waals surface area (Å²) in [6.45, 7) is 1.83. The van der Waals surface area contributed by atoms with E-state index in [1.54, 1.807) is 32.7 Å². The summed E-state index contributed by atoms with van der Waals surface area (Å²) in [6, 6.07) is 18.8. The number of imide groups is 1. The van der Waals surface area contributed by atoms with E-state index in [1.807, 2.05) is 67.6 Å². The lowest BCUT2D eigenvalue weighted by Crippen LogP contribution is -2.22. The van der Waals surface area contributed by atoms with Gasteiger partial charge in [-0.3, -0.25) is 19.9 Å². The second kappa shape index (κ2) is 9.53. The molecule has 33 heavy (non-hydrogen) atoms. The third-order valence-electron chi connectivity index (χ3n) is 5.67. The number of benzene rings is 2. The molecule has 0 spiro atoms. The van der Waals surface area contributed by atoms with Crippen molar-refractivity contribution in [3.8, 4) is 11.5 Å². The van der Waals surface area contributed by atoms with E-state index in [0.717, 1.165) is 22.3 Å². The Morgan fingerprint density at radius 2 is 1.55 bits per heavy atom. The number of nitrogens with zero attached hydrogens (tertiary/aromatic N) is 1. The molecular formula is C27H24N2O4. The lowest BCUT2D eigenvalue weighted by Gasteiger charge is -2.17. The van der Waals surface area contributed by atoms with Gasteiger partial charge in [0, 0.05) is 24.0 Å². The van der Waals surface area contributed by atoms with E-state index in [9.17, 15) is 9.59 Å². The Morgan fingerprint density at radius 3 is 2.15 bits per heavy atom. The maximum atomic E-state index is 13.1. The van der Waals surface area contributed by atoms with E-state index < -0.39 is 11.8 Å². The third-order valence-corrected chi connectivity index (χ3v) is 5.67. The standard InChI is InChI=1S/C27H24N2O4/c1-17(20-14-21(32-2)16-22(15-20)33-3)24-25(27(31)29-26(24)30)23(19-9-11-28-12-10-19)13-18-7-5-4-6-8-18/h4-16,25H,1-3H3,(H,29,30,31). The molecule has 1 aliphatic rings. The van der Waals surface area contributed by atoms with Gasteiger partial charge in [-0.15, -0.1) is 0 Å². The molecular weight excluding hydrogens is 416 g/mol. The average molecular weight is 440 g/mol. The zero-order valence-corrected chi connectivity index (χ0v) is 18.7. The van der Waals surface area contributed by atoms with Crippen LogP contribution in [0.15, 0.2) is 78.6 Å². The number of pyridine rings is 1. The molecule has 6 heteroatoms. The van der Waals surface area contributed by atoms with Gasteiger partial charge in [0.15, 0.2) is 0 Å². The van der Waals surface area contributed by atoms with Gasteiger partial charge in [-0.05, 0) is 59.0 Å². The normalized spacial score (nSPS) is 17.5. The van der Waals surface area contributed by atoms with Crippen LogP contribution in [0.3, 0.4) is 0 Å². The zero-order chi connectivity index (χ0) is 23.4. The Kier molecular flexibility index (Phi) is 6.36. The maximum Gasteiger partial charge on any atom is 0.255 e. The molecule has 1 aromatic heterocycles. The number of aromatic nitrogens is 1. The molecule has 0 radical (unpaired) electrons. The molecule has 1 aliphatic heterocycles. The molecule has 166 valence electrons. The summed E-state index contributed by atoms with van der Waals surface area (Å²) in [6.07, 6.45) is 5.29. The van der Waals surface area contributed by atoms with Gasteiger partial charge in [0.05, 0.1) is 20.1 Å². The SMILES string of the molecule is COc1cc(OC)cc(C(C)=C2C(=O)NC(=O)C2C(=Cc2ccccc2)c2ccncc2)c1. The second-order valence-electron chi connectivity index (χ2n) is 7.64. The minimum absolute atomic E-state index is 0.358. The summed E-state index contributed by atoms with van der Waals surface area (Å²) < 4.78 is 10.8. The molecule has 2 heterocycles. The highest BCUT2D eigenvalue weighted by molar-refractivity contribution is 6.23. The highest BCUT2D eigenvalue weighted by Gasteiger charge is 2.40. The van der Waals surface area contributed by atoms with Crippen LogP contribution in [-0.2, 0) is 9.59 Å². The Balaban J connectivity index is 1.92. The molecule has 0 bridgehead atoms. The van der Waals surface area contributed by atoms with Gasteiger partial charge in [0.25, 0.3) is 5.91 Å². The molecule has 6 nitrogen and oxygen atoms in total. The summed E-state index contributed by atoms with van der Waals surface area (Å²) in [7, 11) is 3.14. The van der Waals surface area contributed by atoms with E-state index in [1.165, 1.54) is 0 Å². The van der Waals surface area contributed by atoms with Crippen LogP contribution in [0, 0.1) is 5.92 Å². The van der Waals surface area contributed by atoms with Crippen molar-refractivity contribution in [3.05, 3.63) is 95.3 Å². The molecule has 1 fully saturated rings. The quantitative estimate of drug-likeness (QED) is 0.455. The Hall–Kier alpha value is -4.19. The van der Waals surface area contributed by atoms with Crippen molar-refractivity contribution in [1.29, 1.82) is 0 Å². The first-order chi connectivity index (χ1) is 16.0. The minimum atomic E-state index is -0.780. The van der Waals surface area contributed by atoms with Gasteiger partial charge in [0.2, 0.25) is 5.91 Å². The fraction of sp³-hybridized carbons (Fsp3) is 0.148. The maximum absolute atomic E-state index is 13.1. The van der Waals surface area contributed by atoms with Crippen LogP contribution in [-0.4, -0.2) is 31.0 Å². The molecule has 1 atom stereocenters. The van der Waals surface area contributed by atoms with Crippen molar-refractivity contribution in [3.63, 3.8) is 0 Å². The number of allylic oxidation sites excluding steroid dienone is 1. The summed E-state index contributed by atoms with van der Waals surface area (Å²) in [4.78, 5) is 30.2. The topological polar surface area (TPSA) is 77.5 Å². The van der Waals surface area contributed by atoms with Gasteiger partial charge in [-0.25, -0.2) is 0 Å². The second-order valence-corrected chi connectivity index (χ2v) is 7.64. The Bertz CT molecular complexity index is 1230. The van der Waals surface area contributed by atoms with Crippen molar-refractivity contribution >= 4 is 29.0 Å². The number of rotatable bonds is 6. The van der Waals surface area contributed by atoms with Crippen molar-refractivity contribution in [1.82, 2.24) is 10.3 Å². The highest BCUT2D eigenvalue weighted by Crippen LogP contribution is 2.39. The number of ether oxygens (including phenoxy) is 2. The van der Waals surface area contributed by atoms with Crippen LogP contribution < -0.4 is 14.8 Å². The van der Waals surface area contributed by atoms with Crippen molar-refractivity contribution in [2.75, 3.05) is 14.2 Å². The van der Waals surface area contributed by atoms with Crippen molar-refractivity contribution in [2.24, 2.45) is 5.92 Å². The zero-order valence-electron chi connectivity index (χ0n) is 18.7. The van der Waals surface area contributed by atoms with Crippen LogP contribution in [0.25, 0.3) is 17.2 Å². The molecule has 2 aromatic carbocycles. The number of hydrogen-bond acceptors (Lipinski definition) is 5. The molecule has 1 saturated heterocycles. The van der Waals surface area contributed by atoms with E-state index in [-0.39, 0.29) is 5.91 Å². The first kappa shape index (κ1) is 22.0. The van der Waals surface area contributed by atoms with Crippen LogP contribution in [0.1, 0.15) is 23.6 Å². The van der Waals surface area contributed by atoms with Crippen LogP contribution in [0.2, 0.25) is 0 Å². The number of hydrogen-bond donors (Lipinski definition) is 1. The van der Waals surface area contributed by atoms with Crippen LogP contribution >= 0.6 is 0 Å². The predicted molar refractivity (Wildman–Crippen MR) is 127 cm³/mol. The van der Waals surface area contributed by atoms with E-state index in [2.05, 4.69) is 10.3 Å². The van der Waals surface area contributed by atoms with Gasteiger partial charge in [0.1, 0.15) is 11.5 Å². The van der Waals surface area contributed by atoms with Crippen LogP contribution in [0.5, 0.6) is 11.5 Å². The lowest BCUT2D eigenvalue weighted by molar-refractivity contribution is -0.125. The van der Waals surface area contributed by atoms with Gasteiger partial charge in [-0.1, -0.05) is 36.4 Å². The molecule has 3 aromatic rings. The molecule has 4 rings (SSSR count). The summed E-state index contributed by atoms with van der Waals surface area (Å²) in [5.74, 6) is -0.350. The fourth-order valence-corrected chi connectivity index (χ4v) is 3.98. The molecule has 1 N–H and O–H groups in total. The molecule has 1 unspecified atom stereocenters. The number of carbonyl (C=O) groups is 2. The summed E-state index contributed by atoms with van der Waals surface area (Å²) in [5.41, 5.74) is 4.28. The van der Waals surface area contributed by atoms with Crippen LogP contribution in [0.4, 0.5) is 0 Å². The average Bonchev–Trinajstić information content (AvgIpc) is 3.15. The van der Waals surface area contributed by atoms with E-state index >= 15 is 0 Å². The summed E-state index contributed by atoms with van der Waals surface area (Å²) in [5, 5.41) is 2.51. The molecule has 0 saturated carbocycles. The monoisotopic (exact) mass is 440 g/mol. The number of carbonyl (C=O) groups excluding carboxylic acids is 2. The first-order valence-electron chi connectivity index (χ1n) is 10.5. The predicted octanol–water partition coefficient (Wildman–Crippen LogP) is 4.39. The van der Waals surface area contributed by atoms with Gasteiger partial charge < -0.3 is 9.47 Å². The van der Waals surface area contributed by atoms with E-state index in [4.69, 9.17) is 9.47 Å². The first-order valence-corrected chi connectivity index (χ1v) is 10.5. The smallest absolute Gasteiger partial charge is 0.255 e. The Morgan fingerprint density at radius 1 is 0.909 bits per heavy atom. The number of nitrogens with one attached hydrogen (secondary N) is 1. The molecule has 2 amide bonds. The van der Waals surface area contributed by atoms with E-state index in [0.29, 0.717) is 22.6 Å². The lowest BCUT2D eigenvalue weighted by atomic mass is 9.83. The largest absolute Gasteiger partial charge is 0.497 e. The third kappa shape index (κ3) is 4.55. The number of amides is 2. The Labute approximate surface area is 192 Å². The van der Waals surface area contributed by atoms with Gasteiger partial charge >= 0.3 is 0 Å². The minimum Gasteiger partial charge on any atom is -0.497 e. The van der Waals surface area contributed by atoms with Crippen molar-refractivity contribution < 1.29 is 19.1 Å². The fourth-order valence-electron chi connectivity index (χ4n) is 3.98. The van der Waals surface area contributed by atoms with Crippen molar-refractivity contribution in [2.45, 2.75) is 6.92 Å².